The van der Waals surface area contributed by atoms with Gasteiger partial charge in [0.25, 0.3) is 0 Å². The zero-order valence-electron chi connectivity index (χ0n) is 14.4. The second-order valence-electron chi connectivity index (χ2n) is 6.20. The maximum atomic E-state index is 13.3. The summed E-state index contributed by atoms with van der Waals surface area (Å²) in [6, 6.07) is 10.5. The van der Waals surface area contributed by atoms with E-state index in [1.807, 2.05) is 4.90 Å². The van der Waals surface area contributed by atoms with Gasteiger partial charge in [0.1, 0.15) is 11.6 Å². The van der Waals surface area contributed by atoms with Gasteiger partial charge in [0.2, 0.25) is 15.9 Å². The molecule has 2 aromatic carbocycles. The van der Waals surface area contributed by atoms with Crippen LogP contribution >= 0.6 is 0 Å². The number of anilines is 1. The first-order chi connectivity index (χ1) is 12.8. The minimum absolute atomic E-state index is 0.0738. The fourth-order valence-corrected chi connectivity index (χ4v) is 4.33. The van der Waals surface area contributed by atoms with E-state index in [-0.39, 0.29) is 30.4 Å². The highest BCUT2D eigenvalue weighted by Crippen LogP contribution is 2.18. The van der Waals surface area contributed by atoms with Crippen LogP contribution in [-0.2, 0) is 14.8 Å². The van der Waals surface area contributed by atoms with Crippen molar-refractivity contribution < 1.29 is 22.0 Å². The van der Waals surface area contributed by atoms with Gasteiger partial charge in [0, 0.05) is 31.9 Å². The van der Waals surface area contributed by atoms with E-state index in [4.69, 9.17) is 0 Å². The molecule has 1 aliphatic rings. The maximum absolute atomic E-state index is 13.3. The van der Waals surface area contributed by atoms with Crippen molar-refractivity contribution in [3.05, 3.63) is 60.2 Å². The van der Waals surface area contributed by atoms with E-state index in [0.717, 1.165) is 6.07 Å². The maximum Gasteiger partial charge on any atom is 0.243 e. The Morgan fingerprint density at radius 1 is 0.963 bits per heavy atom. The van der Waals surface area contributed by atoms with Crippen LogP contribution in [0.5, 0.6) is 0 Å². The Kier molecular flexibility index (Phi) is 5.83. The Hall–Kier alpha value is -2.36. The van der Waals surface area contributed by atoms with Crippen LogP contribution in [0.1, 0.15) is 0 Å². The van der Waals surface area contributed by atoms with Gasteiger partial charge in [0.15, 0.2) is 0 Å². The highest BCUT2D eigenvalue weighted by molar-refractivity contribution is 7.89. The predicted octanol–water partition coefficient (Wildman–Crippen LogP) is 1.91. The van der Waals surface area contributed by atoms with E-state index < -0.39 is 21.7 Å². The van der Waals surface area contributed by atoms with Crippen molar-refractivity contribution in [3.8, 4) is 0 Å². The monoisotopic (exact) mass is 395 g/mol. The summed E-state index contributed by atoms with van der Waals surface area (Å²) in [5.74, 6) is -1.35. The van der Waals surface area contributed by atoms with Crippen LogP contribution in [0.2, 0.25) is 0 Å². The summed E-state index contributed by atoms with van der Waals surface area (Å²) < 4.78 is 52.9. The molecule has 1 amide bonds. The van der Waals surface area contributed by atoms with Crippen LogP contribution in [-0.4, -0.2) is 56.3 Å². The first-order valence-electron chi connectivity index (χ1n) is 8.38. The summed E-state index contributed by atoms with van der Waals surface area (Å²) in [7, 11) is -3.77. The molecule has 27 heavy (non-hydrogen) atoms. The lowest BCUT2D eigenvalue weighted by atomic mass is 10.3. The number of amides is 1. The normalized spacial score (nSPS) is 16.2. The number of nitrogens with one attached hydrogen (secondary N) is 1. The SMILES string of the molecule is O=C(CN1CCN(S(=O)(=O)c2cccc(F)c2)CC1)Nc1cccc(F)c1. The lowest BCUT2D eigenvalue weighted by Crippen LogP contribution is -2.50. The fraction of sp³-hybridized carbons (Fsp3) is 0.278. The average Bonchev–Trinajstić information content (AvgIpc) is 2.62. The minimum atomic E-state index is -3.77. The van der Waals surface area contributed by atoms with Crippen molar-refractivity contribution in [2.75, 3.05) is 38.0 Å². The van der Waals surface area contributed by atoms with E-state index in [0.29, 0.717) is 18.8 Å². The molecule has 2 aromatic rings. The Bertz CT molecular complexity index is 929. The number of rotatable bonds is 5. The lowest BCUT2D eigenvalue weighted by Gasteiger charge is -2.33. The predicted molar refractivity (Wildman–Crippen MR) is 96.6 cm³/mol. The number of nitrogens with zero attached hydrogens (tertiary/aromatic N) is 2. The number of piperazine rings is 1. The molecule has 1 aliphatic heterocycles. The smallest absolute Gasteiger partial charge is 0.243 e. The average molecular weight is 395 g/mol. The fourth-order valence-electron chi connectivity index (χ4n) is 2.87. The Balaban J connectivity index is 1.55. The third-order valence-electron chi connectivity index (χ3n) is 4.24. The molecule has 0 bridgehead atoms. The molecule has 1 saturated heterocycles. The van der Waals surface area contributed by atoms with Crippen LogP contribution in [0.4, 0.5) is 14.5 Å². The van der Waals surface area contributed by atoms with E-state index in [1.54, 1.807) is 6.07 Å². The van der Waals surface area contributed by atoms with Gasteiger partial charge < -0.3 is 5.32 Å². The third-order valence-corrected chi connectivity index (χ3v) is 6.14. The number of sulfonamides is 1. The van der Waals surface area contributed by atoms with Gasteiger partial charge in [-0.25, -0.2) is 17.2 Å². The molecule has 0 radical (unpaired) electrons. The highest BCUT2D eigenvalue weighted by atomic mass is 32.2. The van der Waals surface area contributed by atoms with Gasteiger partial charge in [-0.2, -0.15) is 4.31 Å². The first kappa shape index (κ1) is 19.4. The van der Waals surface area contributed by atoms with Crippen LogP contribution in [0.15, 0.2) is 53.4 Å². The second-order valence-corrected chi connectivity index (χ2v) is 8.13. The number of benzene rings is 2. The van der Waals surface area contributed by atoms with Gasteiger partial charge in [-0.05, 0) is 36.4 Å². The van der Waals surface area contributed by atoms with Crippen LogP contribution in [0.25, 0.3) is 0 Å². The number of hydrogen-bond donors (Lipinski definition) is 1. The molecule has 1 N–H and O–H groups in total. The van der Waals surface area contributed by atoms with E-state index in [2.05, 4.69) is 5.32 Å². The quantitative estimate of drug-likeness (QED) is 0.840. The Morgan fingerprint density at radius 3 is 2.22 bits per heavy atom. The highest BCUT2D eigenvalue weighted by Gasteiger charge is 2.29. The minimum Gasteiger partial charge on any atom is -0.325 e. The molecule has 0 spiro atoms. The van der Waals surface area contributed by atoms with Crippen molar-refractivity contribution in [1.82, 2.24) is 9.21 Å². The number of carbonyl (C=O) groups is 1. The summed E-state index contributed by atoms with van der Waals surface area (Å²) in [4.78, 5) is 13.8. The Morgan fingerprint density at radius 2 is 1.59 bits per heavy atom. The first-order valence-corrected chi connectivity index (χ1v) is 9.82. The molecule has 0 unspecified atom stereocenters. The molecular weight excluding hydrogens is 376 g/mol. The van der Waals surface area contributed by atoms with Crippen molar-refractivity contribution in [1.29, 1.82) is 0 Å². The summed E-state index contributed by atoms with van der Waals surface area (Å²) in [5, 5.41) is 2.61. The molecule has 1 fully saturated rings. The molecule has 0 aromatic heterocycles. The van der Waals surface area contributed by atoms with Gasteiger partial charge >= 0.3 is 0 Å². The zero-order valence-corrected chi connectivity index (χ0v) is 15.3. The summed E-state index contributed by atoms with van der Waals surface area (Å²) in [5.41, 5.74) is 0.368. The van der Waals surface area contributed by atoms with E-state index >= 15 is 0 Å². The van der Waals surface area contributed by atoms with Gasteiger partial charge in [-0.3, -0.25) is 9.69 Å². The number of hydrogen-bond acceptors (Lipinski definition) is 4. The van der Waals surface area contributed by atoms with Crippen LogP contribution in [0.3, 0.4) is 0 Å². The molecule has 144 valence electrons. The molecule has 0 atom stereocenters. The molecular formula is C18H19F2N3O3S. The van der Waals surface area contributed by atoms with Crippen molar-refractivity contribution in [2.45, 2.75) is 4.90 Å². The van der Waals surface area contributed by atoms with Gasteiger partial charge in [-0.1, -0.05) is 12.1 Å². The third kappa shape index (κ3) is 4.88. The lowest BCUT2D eigenvalue weighted by molar-refractivity contribution is -0.117. The van der Waals surface area contributed by atoms with E-state index in [1.165, 1.54) is 40.7 Å². The summed E-state index contributed by atoms with van der Waals surface area (Å²) >= 11 is 0. The number of carbonyl (C=O) groups excluding carboxylic acids is 1. The van der Waals surface area contributed by atoms with Crippen molar-refractivity contribution in [3.63, 3.8) is 0 Å². The largest absolute Gasteiger partial charge is 0.325 e. The van der Waals surface area contributed by atoms with E-state index in [9.17, 15) is 22.0 Å². The van der Waals surface area contributed by atoms with Crippen molar-refractivity contribution in [2.24, 2.45) is 0 Å². The second kappa shape index (κ2) is 8.12. The zero-order chi connectivity index (χ0) is 19.4. The number of halogens is 2. The van der Waals surface area contributed by atoms with Gasteiger partial charge in [-0.15, -0.1) is 0 Å². The molecule has 0 aliphatic carbocycles. The van der Waals surface area contributed by atoms with Crippen LogP contribution in [0, 0.1) is 11.6 Å². The van der Waals surface area contributed by atoms with Crippen molar-refractivity contribution >= 4 is 21.6 Å². The topological polar surface area (TPSA) is 69.7 Å². The summed E-state index contributed by atoms with van der Waals surface area (Å²) in [6.07, 6.45) is 0. The molecule has 6 nitrogen and oxygen atoms in total. The summed E-state index contributed by atoms with van der Waals surface area (Å²) in [6.45, 7) is 1.21. The molecule has 3 rings (SSSR count). The van der Waals surface area contributed by atoms with Crippen LogP contribution < -0.4 is 5.32 Å². The van der Waals surface area contributed by atoms with Gasteiger partial charge in [0.05, 0.1) is 11.4 Å². The molecule has 0 saturated carbocycles. The Labute approximate surface area is 156 Å². The molecule has 1 heterocycles. The standard InChI is InChI=1S/C18H19F2N3O3S/c19-14-3-1-5-16(11-14)21-18(24)13-22-7-9-23(10-8-22)27(25,26)17-6-2-4-15(20)12-17/h1-6,11-12H,7-10,13H2,(H,21,24). The molecule has 9 heteroatoms.